The van der Waals surface area contributed by atoms with E-state index >= 15 is 0 Å². The van der Waals surface area contributed by atoms with Gasteiger partial charge in [0, 0.05) is 6.54 Å². The Balaban J connectivity index is 4.43. The maximum Gasteiger partial charge on any atom is 0.407 e. The van der Waals surface area contributed by atoms with Crippen LogP contribution >= 0.6 is 0 Å². The van der Waals surface area contributed by atoms with Gasteiger partial charge in [0.15, 0.2) is 0 Å². The van der Waals surface area contributed by atoms with E-state index in [4.69, 9.17) is 9.47 Å². The van der Waals surface area contributed by atoms with Crippen LogP contribution in [0.1, 0.15) is 100 Å². The van der Waals surface area contributed by atoms with E-state index in [2.05, 4.69) is 12.2 Å². The second kappa shape index (κ2) is 10.8. The fourth-order valence-electron chi connectivity index (χ4n) is 2.12. The van der Waals surface area contributed by atoms with Gasteiger partial charge >= 0.3 is 12.1 Å². The van der Waals surface area contributed by atoms with Gasteiger partial charge in [-0.1, -0.05) is 46.0 Å². The number of carbonyl (C=O) groups is 2. The van der Waals surface area contributed by atoms with Crippen molar-refractivity contribution in [2.75, 3.05) is 6.54 Å². The molecule has 0 aromatic heterocycles. The number of hydrogen-bond acceptors (Lipinski definition) is 4. The molecule has 0 rings (SSSR count). The zero-order valence-electron chi connectivity index (χ0n) is 18.3. The molecule has 0 saturated carbocycles. The van der Waals surface area contributed by atoms with Crippen LogP contribution in [0.5, 0.6) is 0 Å². The molecule has 0 saturated heterocycles. The Kier molecular flexibility index (Phi) is 10.3. The third-order valence-electron chi connectivity index (χ3n) is 5.38. The van der Waals surface area contributed by atoms with E-state index < -0.39 is 22.7 Å². The van der Waals surface area contributed by atoms with Crippen molar-refractivity contribution in [3.05, 3.63) is 0 Å². The minimum atomic E-state index is -0.947. The summed E-state index contributed by atoms with van der Waals surface area (Å²) in [6.45, 7) is 15.5. The second-order valence-electron chi connectivity index (χ2n) is 8.73. The van der Waals surface area contributed by atoms with E-state index in [-0.39, 0.29) is 5.97 Å². The highest BCUT2D eigenvalue weighted by Gasteiger charge is 2.46. The molecule has 0 atom stereocenters. The third kappa shape index (κ3) is 8.41. The molecule has 5 nitrogen and oxygen atoms in total. The molecule has 0 aliphatic rings. The smallest absolute Gasteiger partial charge is 0.407 e. The molecule has 0 unspecified atom stereocenters. The lowest BCUT2D eigenvalue weighted by atomic mass is 9.86. The van der Waals surface area contributed by atoms with Crippen molar-refractivity contribution >= 4 is 12.1 Å². The monoisotopic (exact) mass is 371 g/mol. The van der Waals surface area contributed by atoms with Crippen LogP contribution in [-0.2, 0) is 14.3 Å². The van der Waals surface area contributed by atoms with Gasteiger partial charge in [-0.05, 0) is 54.4 Å². The topological polar surface area (TPSA) is 64.6 Å². The molecule has 5 heteroatoms. The first kappa shape index (κ1) is 24.7. The molecule has 0 heterocycles. The number of hydrogen-bond donors (Lipinski definition) is 1. The Bertz CT molecular complexity index is 441. The molecule has 0 aliphatic heterocycles. The average molecular weight is 372 g/mol. The quantitative estimate of drug-likeness (QED) is 0.358. The van der Waals surface area contributed by atoms with Gasteiger partial charge in [-0.25, -0.2) is 4.79 Å². The molecule has 0 radical (unpaired) electrons. The van der Waals surface area contributed by atoms with Gasteiger partial charge in [0.2, 0.25) is 0 Å². The number of esters is 1. The molecule has 0 aliphatic carbocycles. The molecule has 1 N–H and O–H groups in total. The zero-order valence-corrected chi connectivity index (χ0v) is 18.3. The van der Waals surface area contributed by atoms with E-state index in [0.29, 0.717) is 13.0 Å². The second-order valence-corrected chi connectivity index (χ2v) is 8.73. The molecular weight excluding hydrogens is 330 g/mol. The predicted molar refractivity (Wildman–Crippen MR) is 106 cm³/mol. The van der Waals surface area contributed by atoms with Gasteiger partial charge < -0.3 is 14.8 Å². The van der Waals surface area contributed by atoms with Crippen LogP contribution in [-0.4, -0.2) is 29.8 Å². The van der Waals surface area contributed by atoms with E-state index in [1.54, 1.807) is 27.7 Å². The molecule has 0 bridgehead atoms. The highest BCUT2D eigenvalue weighted by molar-refractivity contribution is 5.76. The Morgan fingerprint density at radius 1 is 0.769 bits per heavy atom. The summed E-state index contributed by atoms with van der Waals surface area (Å²) < 4.78 is 11.3. The van der Waals surface area contributed by atoms with Crippen molar-refractivity contribution in [1.29, 1.82) is 0 Å². The van der Waals surface area contributed by atoms with Gasteiger partial charge in [0.1, 0.15) is 11.2 Å². The molecule has 154 valence electrons. The van der Waals surface area contributed by atoms with Crippen molar-refractivity contribution in [2.24, 2.45) is 5.41 Å². The first-order valence-electron chi connectivity index (χ1n) is 10.1. The normalized spacial score (nSPS) is 12.6. The third-order valence-corrected chi connectivity index (χ3v) is 5.38. The van der Waals surface area contributed by atoms with Crippen molar-refractivity contribution in [1.82, 2.24) is 5.32 Å². The number of amides is 1. The van der Waals surface area contributed by atoms with Crippen LogP contribution in [0.25, 0.3) is 0 Å². The minimum Gasteiger partial charge on any atom is -0.455 e. The summed E-state index contributed by atoms with van der Waals surface area (Å²) in [5, 5.41) is 2.79. The maximum atomic E-state index is 12.4. The zero-order chi connectivity index (χ0) is 20.4. The first-order chi connectivity index (χ1) is 11.9. The van der Waals surface area contributed by atoms with Crippen molar-refractivity contribution in [3.8, 4) is 0 Å². The van der Waals surface area contributed by atoms with E-state index in [1.807, 2.05) is 20.8 Å². The van der Waals surface area contributed by atoms with Crippen molar-refractivity contribution in [3.63, 3.8) is 0 Å². The van der Waals surface area contributed by atoms with Crippen LogP contribution < -0.4 is 5.32 Å². The Morgan fingerprint density at radius 3 is 1.81 bits per heavy atom. The molecule has 0 spiro atoms. The number of unbranched alkanes of at least 4 members (excludes halogenated alkanes) is 5. The fourth-order valence-corrected chi connectivity index (χ4v) is 2.12. The number of carbonyl (C=O) groups excluding carboxylic acids is 2. The molecule has 0 fully saturated rings. The van der Waals surface area contributed by atoms with Crippen LogP contribution in [0.4, 0.5) is 4.79 Å². The van der Waals surface area contributed by atoms with Crippen molar-refractivity contribution < 1.29 is 19.1 Å². The highest BCUT2D eigenvalue weighted by atomic mass is 16.6. The summed E-state index contributed by atoms with van der Waals surface area (Å²) in [4.78, 5) is 24.5. The Hall–Kier alpha value is -1.26. The van der Waals surface area contributed by atoms with Crippen LogP contribution in [0.15, 0.2) is 0 Å². The lowest BCUT2D eigenvalue weighted by Crippen LogP contribution is -2.54. The number of nitrogens with one attached hydrogen (secondary N) is 1. The molecule has 1 amide bonds. The number of ether oxygens (including phenoxy) is 2. The highest BCUT2D eigenvalue weighted by Crippen LogP contribution is 2.33. The molecule has 0 aromatic rings. The SMILES string of the molecule is CCCCCCCCNC(=O)OC(C)(C)C(C)(C)OC(=O)C(C)(C)CC. The number of alkyl carbamates (subject to hydrolysis) is 1. The summed E-state index contributed by atoms with van der Waals surface area (Å²) in [7, 11) is 0. The lowest BCUT2D eigenvalue weighted by Gasteiger charge is -2.41. The van der Waals surface area contributed by atoms with Gasteiger partial charge in [-0.15, -0.1) is 0 Å². The van der Waals surface area contributed by atoms with Crippen LogP contribution in [0, 0.1) is 5.41 Å². The van der Waals surface area contributed by atoms with Gasteiger partial charge in [-0.3, -0.25) is 4.79 Å². The van der Waals surface area contributed by atoms with E-state index in [0.717, 1.165) is 12.8 Å². The maximum absolute atomic E-state index is 12.4. The molecular formula is C21H41NO4. The van der Waals surface area contributed by atoms with Gasteiger partial charge in [0.25, 0.3) is 0 Å². The average Bonchev–Trinajstić information content (AvgIpc) is 2.52. The Labute approximate surface area is 160 Å². The standard InChI is InChI=1S/C21H41NO4/c1-9-11-12-13-14-15-16-22-18(24)26-21(7,8)20(5,6)25-17(23)19(3,4)10-2/h9-16H2,1-8H3,(H,22,24). The van der Waals surface area contributed by atoms with Gasteiger partial charge in [-0.2, -0.15) is 0 Å². The fraction of sp³-hybridized carbons (Fsp3) is 0.905. The minimum absolute atomic E-state index is 0.283. The van der Waals surface area contributed by atoms with Crippen molar-refractivity contribution in [2.45, 2.75) is 112 Å². The largest absolute Gasteiger partial charge is 0.455 e. The Morgan fingerprint density at radius 2 is 1.27 bits per heavy atom. The summed E-state index contributed by atoms with van der Waals surface area (Å²) in [6.07, 6.45) is 7.22. The molecule has 0 aromatic carbocycles. The number of rotatable bonds is 12. The van der Waals surface area contributed by atoms with E-state index in [1.165, 1.54) is 25.7 Å². The van der Waals surface area contributed by atoms with Crippen LogP contribution in [0.3, 0.4) is 0 Å². The molecule has 26 heavy (non-hydrogen) atoms. The predicted octanol–water partition coefficient (Wildman–Crippen LogP) is 5.61. The van der Waals surface area contributed by atoms with Gasteiger partial charge in [0.05, 0.1) is 5.41 Å². The summed E-state index contributed by atoms with van der Waals surface area (Å²) in [5.41, 5.74) is -2.45. The summed E-state index contributed by atoms with van der Waals surface area (Å²) in [6, 6.07) is 0. The summed E-state index contributed by atoms with van der Waals surface area (Å²) in [5.74, 6) is -0.283. The lowest BCUT2D eigenvalue weighted by molar-refractivity contribution is -0.190. The van der Waals surface area contributed by atoms with Crippen LogP contribution in [0.2, 0.25) is 0 Å². The first-order valence-corrected chi connectivity index (χ1v) is 10.1. The summed E-state index contributed by atoms with van der Waals surface area (Å²) >= 11 is 0. The van der Waals surface area contributed by atoms with E-state index in [9.17, 15) is 9.59 Å².